The summed E-state index contributed by atoms with van der Waals surface area (Å²) in [6.45, 7) is 7.21. The largest absolute Gasteiger partial charge is 0.463 e. The fourth-order valence-corrected chi connectivity index (χ4v) is 0.254. The van der Waals surface area contributed by atoms with Gasteiger partial charge in [0, 0.05) is 12.7 Å². The molecule has 0 aliphatic carbocycles. The Morgan fingerprint density at radius 2 is 2.00 bits per heavy atom. The maximum absolute atomic E-state index is 10.4. The first-order valence-corrected chi connectivity index (χ1v) is 2.95. The fourth-order valence-electron chi connectivity index (χ4n) is 0.254. The van der Waals surface area contributed by atoms with E-state index >= 15 is 0 Å². The lowest BCUT2D eigenvalue weighted by Crippen LogP contribution is -2.03. The van der Waals surface area contributed by atoms with Gasteiger partial charge in [-0.05, 0) is 13.8 Å². The van der Waals surface area contributed by atoms with Crippen molar-refractivity contribution >= 4 is 5.97 Å². The molecular weight excluding hydrogens is 132 g/mol. The van der Waals surface area contributed by atoms with Gasteiger partial charge in [-0.3, -0.25) is 0 Å². The third-order valence-corrected chi connectivity index (χ3v) is 0.624. The van der Waals surface area contributed by atoms with Crippen LogP contribution in [0.2, 0.25) is 0 Å². The van der Waals surface area contributed by atoms with Crippen molar-refractivity contribution in [2.45, 2.75) is 13.8 Å². The summed E-state index contributed by atoms with van der Waals surface area (Å²) < 4.78 is 4.56. The molecule has 1 N–H and O–H groups in total. The van der Waals surface area contributed by atoms with Gasteiger partial charge in [-0.25, -0.2) is 4.79 Å². The van der Waals surface area contributed by atoms with E-state index in [1.54, 1.807) is 13.8 Å². The van der Waals surface area contributed by atoms with Gasteiger partial charge in [0.1, 0.15) is 0 Å². The van der Waals surface area contributed by atoms with Crippen molar-refractivity contribution in [3.05, 3.63) is 12.2 Å². The SMILES string of the molecule is C=C(C)C(=O)OCC.CO. The average Bonchev–Trinajstić information content (AvgIpc) is 1.93. The Kier molecular flexibility index (Phi) is 9.73. The Morgan fingerprint density at radius 3 is 2.10 bits per heavy atom. The molecule has 0 saturated heterocycles. The van der Waals surface area contributed by atoms with Crippen molar-refractivity contribution in [3.63, 3.8) is 0 Å². The van der Waals surface area contributed by atoms with Gasteiger partial charge < -0.3 is 9.84 Å². The van der Waals surface area contributed by atoms with Gasteiger partial charge in [-0.2, -0.15) is 0 Å². The second kappa shape index (κ2) is 8.17. The van der Waals surface area contributed by atoms with Gasteiger partial charge in [0.25, 0.3) is 0 Å². The number of rotatable bonds is 2. The maximum Gasteiger partial charge on any atom is 0.333 e. The molecule has 0 aromatic rings. The minimum absolute atomic E-state index is 0.312. The van der Waals surface area contributed by atoms with Crippen LogP contribution in [-0.2, 0) is 9.53 Å². The smallest absolute Gasteiger partial charge is 0.333 e. The van der Waals surface area contributed by atoms with E-state index in [9.17, 15) is 4.79 Å². The normalized spacial score (nSPS) is 7.20. The summed E-state index contributed by atoms with van der Waals surface area (Å²) in [5.41, 5.74) is 0.451. The molecule has 0 amide bonds. The Morgan fingerprint density at radius 1 is 1.60 bits per heavy atom. The number of carbonyl (C=O) groups is 1. The molecule has 0 bridgehead atoms. The van der Waals surface area contributed by atoms with Crippen LogP contribution in [0.5, 0.6) is 0 Å². The molecule has 0 atom stereocenters. The van der Waals surface area contributed by atoms with Gasteiger partial charge in [0.05, 0.1) is 6.61 Å². The highest BCUT2D eigenvalue weighted by atomic mass is 16.5. The summed E-state index contributed by atoms with van der Waals surface area (Å²) in [7, 11) is 1.00. The number of aliphatic hydroxyl groups is 1. The first-order valence-electron chi connectivity index (χ1n) is 2.95. The molecule has 0 heterocycles. The number of esters is 1. The first kappa shape index (κ1) is 11.9. The molecule has 0 fully saturated rings. The summed E-state index contributed by atoms with van der Waals surface area (Å²) >= 11 is 0. The van der Waals surface area contributed by atoms with Gasteiger partial charge in [-0.1, -0.05) is 6.58 Å². The predicted molar refractivity (Wildman–Crippen MR) is 39.6 cm³/mol. The molecule has 0 rings (SSSR count). The minimum atomic E-state index is -0.312. The van der Waals surface area contributed by atoms with Crippen LogP contribution in [-0.4, -0.2) is 24.8 Å². The number of aliphatic hydroxyl groups excluding tert-OH is 1. The summed E-state index contributed by atoms with van der Waals surface area (Å²) in [6.07, 6.45) is 0. The second-order valence-electron chi connectivity index (χ2n) is 1.50. The number of hydrogen-bond donors (Lipinski definition) is 1. The third kappa shape index (κ3) is 7.17. The van der Waals surface area contributed by atoms with Crippen LogP contribution in [0.4, 0.5) is 0 Å². The molecule has 0 unspecified atom stereocenters. The number of ether oxygens (including phenoxy) is 1. The van der Waals surface area contributed by atoms with E-state index in [0.717, 1.165) is 7.11 Å². The number of carbonyl (C=O) groups excluding carboxylic acids is 1. The monoisotopic (exact) mass is 146 g/mol. The van der Waals surface area contributed by atoms with Crippen molar-refractivity contribution in [1.82, 2.24) is 0 Å². The van der Waals surface area contributed by atoms with Gasteiger partial charge in [0.15, 0.2) is 0 Å². The molecule has 0 aromatic carbocycles. The molecule has 0 spiro atoms. The summed E-state index contributed by atoms with van der Waals surface area (Å²) in [5, 5.41) is 7.00. The molecule has 0 aliphatic heterocycles. The lowest BCUT2D eigenvalue weighted by molar-refractivity contribution is -0.138. The molecule has 0 aliphatic rings. The Labute approximate surface area is 61.3 Å². The van der Waals surface area contributed by atoms with Crippen molar-refractivity contribution in [1.29, 1.82) is 0 Å². The molecule has 0 saturated carbocycles. The van der Waals surface area contributed by atoms with E-state index in [-0.39, 0.29) is 5.97 Å². The highest BCUT2D eigenvalue weighted by molar-refractivity contribution is 5.86. The molecule has 0 aromatic heterocycles. The molecule has 3 heteroatoms. The highest BCUT2D eigenvalue weighted by Gasteiger charge is 1.98. The van der Waals surface area contributed by atoms with E-state index in [0.29, 0.717) is 12.2 Å². The lowest BCUT2D eigenvalue weighted by Gasteiger charge is -1.96. The quantitative estimate of drug-likeness (QED) is 0.461. The maximum atomic E-state index is 10.4. The lowest BCUT2D eigenvalue weighted by atomic mass is 10.4. The summed E-state index contributed by atoms with van der Waals surface area (Å²) in [5.74, 6) is -0.312. The fraction of sp³-hybridized carbons (Fsp3) is 0.571. The van der Waals surface area contributed by atoms with Crippen molar-refractivity contribution in [2.24, 2.45) is 0 Å². The van der Waals surface area contributed by atoms with Gasteiger partial charge in [-0.15, -0.1) is 0 Å². The van der Waals surface area contributed by atoms with Gasteiger partial charge >= 0.3 is 5.97 Å². The first-order chi connectivity index (χ1) is 4.68. The van der Waals surface area contributed by atoms with Crippen LogP contribution in [0.1, 0.15) is 13.8 Å². The van der Waals surface area contributed by atoms with Crippen molar-refractivity contribution < 1.29 is 14.6 Å². The van der Waals surface area contributed by atoms with Crippen LogP contribution >= 0.6 is 0 Å². The minimum Gasteiger partial charge on any atom is -0.463 e. The van der Waals surface area contributed by atoms with Crippen LogP contribution in [0.15, 0.2) is 12.2 Å². The van der Waals surface area contributed by atoms with Crippen LogP contribution < -0.4 is 0 Å². The second-order valence-corrected chi connectivity index (χ2v) is 1.50. The summed E-state index contributed by atoms with van der Waals surface area (Å²) in [4.78, 5) is 10.4. The average molecular weight is 146 g/mol. The topological polar surface area (TPSA) is 46.5 Å². The van der Waals surface area contributed by atoms with E-state index in [2.05, 4.69) is 11.3 Å². The van der Waals surface area contributed by atoms with Crippen molar-refractivity contribution in [3.8, 4) is 0 Å². The molecule has 3 nitrogen and oxygen atoms in total. The Hall–Kier alpha value is -0.830. The van der Waals surface area contributed by atoms with E-state index < -0.39 is 0 Å². The summed E-state index contributed by atoms with van der Waals surface area (Å²) in [6, 6.07) is 0. The van der Waals surface area contributed by atoms with E-state index in [4.69, 9.17) is 5.11 Å². The zero-order valence-corrected chi connectivity index (χ0v) is 6.68. The third-order valence-electron chi connectivity index (χ3n) is 0.624. The van der Waals surface area contributed by atoms with Crippen LogP contribution in [0.25, 0.3) is 0 Å². The number of hydrogen-bond acceptors (Lipinski definition) is 3. The molecular formula is C7H14O3. The standard InChI is InChI=1S/C6H10O2.CH4O/c1-4-8-6(7)5(2)3;1-2/h2,4H2,1,3H3;2H,1H3. The van der Waals surface area contributed by atoms with Crippen LogP contribution in [0, 0.1) is 0 Å². The Balaban J connectivity index is 0. The predicted octanol–water partition coefficient (Wildman–Crippen LogP) is 0.734. The zero-order valence-electron chi connectivity index (χ0n) is 6.68. The Bertz CT molecular complexity index is 107. The van der Waals surface area contributed by atoms with Gasteiger partial charge in [0.2, 0.25) is 0 Å². The van der Waals surface area contributed by atoms with E-state index in [1.165, 1.54) is 0 Å². The molecule has 0 radical (unpaired) electrons. The zero-order chi connectivity index (χ0) is 8.57. The van der Waals surface area contributed by atoms with E-state index in [1.807, 2.05) is 0 Å². The highest BCUT2D eigenvalue weighted by Crippen LogP contribution is 1.89. The van der Waals surface area contributed by atoms with Crippen LogP contribution in [0.3, 0.4) is 0 Å². The van der Waals surface area contributed by atoms with Crippen molar-refractivity contribution in [2.75, 3.05) is 13.7 Å². The molecule has 10 heavy (non-hydrogen) atoms. The molecule has 60 valence electrons.